The summed E-state index contributed by atoms with van der Waals surface area (Å²) in [6, 6.07) is 26.3. The van der Waals surface area contributed by atoms with E-state index >= 15 is 0 Å². The second kappa shape index (κ2) is 10.5. The van der Waals surface area contributed by atoms with Crippen LogP contribution in [0.5, 0.6) is 0 Å². The Bertz CT molecular complexity index is 1780. The topological polar surface area (TPSA) is 110 Å². The molecule has 2 aromatic heterocycles. The molecule has 0 saturated heterocycles. The summed E-state index contributed by atoms with van der Waals surface area (Å²) in [4.78, 5) is 31.0. The van der Waals surface area contributed by atoms with Gasteiger partial charge in [-0.25, -0.2) is 19.6 Å². The number of hydrogen-bond acceptors (Lipinski definition) is 4. The van der Waals surface area contributed by atoms with Crippen molar-refractivity contribution in [2.45, 2.75) is 27.7 Å². The van der Waals surface area contributed by atoms with E-state index in [2.05, 4.69) is 22.1 Å². The van der Waals surface area contributed by atoms with Crippen molar-refractivity contribution in [3.8, 4) is 11.4 Å². The first-order chi connectivity index (χ1) is 19.1. The number of benzene rings is 4. The highest BCUT2D eigenvalue weighted by molar-refractivity contribution is 5.93. The number of nitrogens with zero attached hydrogens (tertiary/aromatic N) is 4. The zero-order valence-electron chi connectivity index (χ0n) is 22.6. The molecule has 0 aliphatic heterocycles. The minimum Gasteiger partial charge on any atom is -0.478 e. The third-order valence-corrected chi connectivity index (χ3v) is 6.66. The van der Waals surface area contributed by atoms with Gasteiger partial charge in [-0.2, -0.15) is 0 Å². The number of hydrogen-bond donors (Lipinski definition) is 2. The van der Waals surface area contributed by atoms with Crippen molar-refractivity contribution in [2.24, 2.45) is 0 Å². The Hall–Kier alpha value is -5.24. The van der Waals surface area contributed by atoms with E-state index in [0.717, 1.165) is 34.1 Å². The molecule has 6 rings (SSSR count). The number of fused-ring (bicyclic) bond motifs is 2. The van der Waals surface area contributed by atoms with E-state index < -0.39 is 11.9 Å². The van der Waals surface area contributed by atoms with Gasteiger partial charge < -0.3 is 10.2 Å². The van der Waals surface area contributed by atoms with Gasteiger partial charge in [-0.05, 0) is 99.5 Å². The molecule has 8 nitrogen and oxygen atoms in total. The van der Waals surface area contributed by atoms with E-state index in [0.29, 0.717) is 11.0 Å². The lowest BCUT2D eigenvalue weighted by atomic mass is 10.2. The van der Waals surface area contributed by atoms with Crippen LogP contribution in [0.4, 0.5) is 0 Å². The molecule has 0 fully saturated rings. The van der Waals surface area contributed by atoms with Crippen LogP contribution in [-0.2, 0) is 0 Å². The molecule has 0 bridgehead atoms. The number of carboxylic acid groups (broad SMARTS) is 2. The highest BCUT2D eigenvalue weighted by Gasteiger charge is 2.13. The summed E-state index contributed by atoms with van der Waals surface area (Å²) in [6.07, 6.45) is 0. The largest absolute Gasteiger partial charge is 0.478 e. The molecule has 2 heterocycles. The summed E-state index contributed by atoms with van der Waals surface area (Å²) in [6.45, 7) is 7.92. The third-order valence-electron chi connectivity index (χ3n) is 6.66. The van der Waals surface area contributed by atoms with Gasteiger partial charge in [0, 0.05) is 11.4 Å². The van der Waals surface area contributed by atoms with Crippen LogP contribution in [0.25, 0.3) is 33.4 Å². The molecule has 0 unspecified atom stereocenters. The maximum Gasteiger partial charge on any atom is 0.335 e. The van der Waals surface area contributed by atoms with Crippen molar-refractivity contribution >= 4 is 34.0 Å². The van der Waals surface area contributed by atoms with Gasteiger partial charge in [0.25, 0.3) is 0 Å². The van der Waals surface area contributed by atoms with Crippen molar-refractivity contribution in [3.05, 3.63) is 119 Å². The second-order valence-electron chi connectivity index (χ2n) is 9.68. The fourth-order valence-electron chi connectivity index (χ4n) is 4.85. The highest BCUT2D eigenvalue weighted by atomic mass is 16.4. The summed E-state index contributed by atoms with van der Waals surface area (Å²) in [5.41, 5.74) is 8.15. The van der Waals surface area contributed by atoms with Gasteiger partial charge in [0.1, 0.15) is 11.6 Å². The maximum absolute atomic E-state index is 11.0. The first kappa shape index (κ1) is 26.4. The Balaban J connectivity index is 0.000000161. The second-order valence-corrected chi connectivity index (χ2v) is 9.68. The smallest absolute Gasteiger partial charge is 0.335 e. The summed E-state index contributed by atoms with van der Waals surface area (Å²) in [5, 5.41) is 18.1. The summed E-state index contributed by atoms with van der Waals surface area (Å²) >= 11 is 0. The summed E-state index contributed by atoms with van der Waals surface area (Å²) < 4.78 is 4.07. The Morgan fingerprint density at radius 2 is 0.975 bits per heavy atom. The fourth-order valence-corrected chi connectivity index (χ4v) is 4.85. The van der Waals surface area contributed by atoms with Gasteiger partial charge in [0.15, 0.2) is 0 Å². The molecular weight excluding hydrogens is 504 g/mol. The van der Waals surface area contributed by atoms with Crippen molar-refractivity contribution in [1.82, 2.24) is 19.1 Å². The van der Waals surface area contributed by atoms with Gasteiger partial charge in [0.2, 0.25) is 0 Å². The Kier molecular flexibility index (Phi) is 6.92. The van der Waals surface area contributed by atoms with Gasteiger partial charge in [-0.3, -0.25) is 9.13 Å². The molecule has 8 heteroatoms. The normalized spacial score (nSPS) is 10.9. The van der Waals surface area contributed by atoms with E-state index in [4.69, 9.17) is 10.2 Å². The molecule has 0 aliphatic rings. The molecule has 4 aromatic carbocycles. The standard InChI is InChI=1S/2C16H14N2O2/c2*1-10-4-3-5-13(8-10)18-11(2)17-14-9-12(16(19)20)6-7-15(14)18/h2*3-9H,1-2H3,(H,19,20). The van der Waals surface area contributed by atoms with Crippen molar-refractivity contribution < 1.29 is 19.8 Å². The number of aromatic carboxylic acids is 2. The average molecular weight is 533 g/mol. The van der Waals surface area contributed by atoms with Crippen LogP contribution in [0.15, 0.2) is 84.9 Å². The van der Waals surface area contributed by atoms with E-state index in [1.807, 2.05) is 73.2 Å². The maximum atomic E-state index is 11.0. The average Bonchev–Trinajstić information content (AvgIpc) is 3.42. The molecule has 6 aromatic rings. The molecule has 0 amide bonds. The number of aromatic nitrogens is 4. The highest BCUT2D eigenvalue weighted by Crippen LogP contribution is 2.24. The Morgan fingerprint density at radius 1 is 0.575 bits per heavy atom. The molecule has 40 heavy (non-hydrogen) atoms. The Morgan fingerprint density at radius 3 is 1.32 bits per heavy atom. The van der Waals surface area contributed by atoms with Crippen LogP contribution in [0.1, 0.15) is 43.5 Å². The predicted octanol–water partition coefficient (Wildman–Crippen LogP) is 6.68. The molecule has 0 atom stereocenters. The number of rotatable bonds is 4. The first-order valence-electron chi connectivity index (χ1n) is 12.7. The van der Waals surface area contributed by atoms with Crippen LogP contribution in [0.3, 0.4) is 0 Å². The number of carbonyl (C=O) groups is 2. The molecule has 200 valence electrons. The van der Waals surface area contributed by atoms with E-state index in [1.165, 1.54) is 11.1 Å². The van der Waals surface area contributed by atoms with Gasteiger partial charge >= 0.3 is 11.9 Å². The van der Waals surface area contributed by atoms with E-state index in [9.17, 15) is 9.59 Å². The zero-order chi connectivity index (χ0) is 28.6. The van der Waals surface area contributed by atoms with Crippen LogP contribution >= 0.6 is 0 Å². The predicted molar refractivity (Wildman–Crippen MR) is 155 cm³/mol. The molecule has 0 radical (unpaired) electrons. The number of imidazole rings is 2. The van der Waals surface area contributed by atoms with Crippen molar-refractivity contribution in [1.29, 1.82) is 0 Å². The molecule has 0 saturated carbocycles. The van der Waals surface area contributed by atoms with Gasteiger partial charge in [0.05, 0.1) is 33.2 Å². The van der Waals surface area contributed by atoms with Gasteiger partial charge in [-0.1, -0.05) is 24.3 Å². The molecule has 0 aliphatic carbocycles. The lowest BCUT2D eigenvalue weighted by Gasteiger charge is -2.07. The minimum atomic E-state index is -0.936. The van der Waals surface area contributed by atoms with Crippen LogP contribution in [0, 0.1) is 27.7 Å². The monoisotopic (exact) mass is 532 g/mol. The lowest BCUT2D eigenvalue weighted by Crippen LogP contribution is -1.98. The van der Waals surface area contributed by atoms with E-state index in [-0.39, 0.29) is 11.1 Å². The van der Waals surface area contributed by atoms with Crippen LogP contribution < -0.4 is 0 Å². The summed E-state index contributed by atoms with van der Waals surface area (Å²) in [7, 11) is 0. The van der Waals surface area contributed by atoms with Crippen molar-refractivity contribution in [2.75, 3.05) is 0 Å². The zero-order valence-corrected chi connectivity index (χ0v) is 22.6. The number of carboxylic acids is 2. The minimum absolute atomic E-state index is 0.256. The quantitative estimate of drug-likeness (QED) is 0.262. The third kappa shape index (κ3) is 5.07. The fraction of sp³-hybridized carbons (Fsp3) is 0.125. The Labute approximate surface area is 230 Å². The molecule has 0 spiro atoms. The number of aryl methyl sites for hydroxylation is 4. The molecular formula is C32H28N4O4. The van der Waals surface area contributed by atoms with E-state index in [1.54, 1.807) is 36.4 Å². The van der Waals surface area contributed by atoms with Gasteiger partial charge in [-0.15, -0.1) is 0 Å². The molecule has 2 N–H and O–H groups in total. The summed E-state index contributed by atoms with van der Waals surface area (Å²) in [5.74, 6) is -0.189. The first-order valence-corrected chi connectivity index (χ1v) is 12.7. The van der Waals surface area contributed by atoms with Crippen molar-refractivity contribution in [3.63, 3.8) is 0 Å². The van der Waals surface area contributed by atoms with Crippen LogP contribution in [-0.4, -0.2) is 41.3 Å². The lowest BCUT2D eigenvalue weighted by molar-refractivity contribution is 0.0686. The SMILES string of the molecule is Cc1cccc(-n2c(C)nc3cc(C(=O)O)ccc32)c1.Cc1cccc(-n2c(C)nc3cc(C(=O)O)ccc32)c1. The van der Waals surface area contributed by atoms with Crippen LogP contribution in [0.2, 0.25) is 0 Å².